The Balaban J connectivity index is 1.82. The first-order valence-electron chi connectivity index (χ1n) is 15.7. The van der Waals surface area contributed by atoms with E-state index >= 15 is 0 Å². The molecule has 0 bridgehead atoms. The number of anilines is 1. The molecule has 0 aromatic heterocycles. The predicted octanol–water partition coefficient (Wildman–Crippen LogP) is 6.01. The average molecular weight is 642 g/mol. The van der Waals surface area contributed by atoms with Gasteiger partial charge in [-0.1, -0.05) is 99.1 Å². The number of ether oxygens (including phenoxy) is 1. The zero-order valence-electron chi connectivity index (χ0n) is 26.8. The maximum Gasteiger partial charge on any atom is 0.264 e. The summed E-state index contributed by atoms with van der Waals surface area (Å²) in [5.74, 6) is -0.179. The summed E-state index contributed by atoms with van der Waals surface area (Å²) in [4.78, 5) is 30.1. The summed E-state index contributed by atoms with van der Waals surface area (Å²) < 4.78 is 35.1. The van der Waals surface area contributed by atoms with E-state index in [0.29, 0.717) is 24.4 Å². The van der Waals surface area contributed by atoms with E-state index in [9.17, 15) is 18.0 Å². The number of aryl methyl sites for hydroxylation is 1. The van der Waals surface area contributed by atoms with Crippen molar-refractivity contribution in [2.45, 2.75) is 57.0 Å². The molecule has 1 atom stereocenters. The molecule has 1 unspecified atom stereocenters. The highest BCUT2D eigenvalue weighted by Crippen LogP contribution is 2.28. The Morgan fingerprint density at radius 1 is 0.826 bits per heavy atom. The quantitative estimate of drug-likeness (QED) is 0.151. The number of hydrogen-bond acceptors (Lipinski definition) is 5. The van der Waals surface area contributed by atoms with Crippen LogP contribution in [-0.4, -0.2) is 51.4 Å². The van der Waals surface area contributed by atoms with Crippen molar-refractivity contribution in [2.75, 3.05) is 24.5 Å². The van der Waals surface area contributed by atoms with Crippen LogP contribution in [0.2, 0.25) is 0 Å². The molecule has 46 heavy (non-hydrogen) atoms. The lowest BCUT2D eigenvalue weighted by Crippen LogP contribution is -2.53. The topological polar surface area (TPSA) is 96.0 Å². The maximum atomic E-state index is 14.6. The zero-order valence-corrected chi connectivity index (χ0v) is 27.6. The number of para-hydroxylation sites is 1. The molecule has 8 nitrogen and oxygen atoms in total. The highest BCUT2D eigenvalue weighted by atomic mass is 32.2. The first kappa shape index (κ1) is 34.2. The van der Waals surface area contributed by atoms with Crippen molar-refractivity contribution in [1.29, 1.82) is 0 Å². The van der Waals surface area contributed by atoms with Crippen LogP contribution < -0.4 is 14.4 Å². The molecule has 0 aliphatic rings. The fourth-order valence-corrected chi connectivity index (χ4v) is 6.79. The minimum Gasteiger partial charge on any atom is -0.497 e. The number of nitrogens with one attached hydrogen (secondary N) is 1. The molecule has 4 rings (SSSR count). The molecule has 0 aliphatic heterocycles. The van der Waals surface area contributed by atoms with Crippen molar-refractivity contribution in [1.82, 2.24) is 10.2 Å². The Labute approximate surface area is 273 Å². The van der Waals surface area contributed by atoms with E-state index < -0.39 is 28.5 Å². The number of methoxy groups -OCH3 is 1. The standard InChI is InChI=1S/C37H43N3O5S/c1-4-6-24-38-37(42)35(26-29-16-9-7-10-17-29)39(27-30-18-15-20-32(25-30)45-3)36(41)28-40(34-23-14-13-19-31(34)5-2)46(43,44)33-21-11-8-12-22-33/h7-23,25,35H,4-6,24,26-28H2,1-3H3,(H,38,42). The van der Waals surface area contributed by atoms with Gasteiger partial charge in [0.15, 0.2) is 0 Å². The number of carbonyl (C=O) groups excluding carboxylic acids is 2. The molecule has 0 radical (unpaired) electrons. The molecular weight excluding hydrogens is 598 g/mol. The Hall–Kier alpha value is -4.63. The van der Waals surface area contributed by atoms with Crippen LogP contribution in [0.25, 0.3) is 0 Å². The molecule has 0 saturated carbocycles. The fourth-order valence-electron chi connectivity index (χ4n) is 5.31. The van der Waals surface area contributed by atoms with Gasteiger partial charge in [0.25, 0.3) is 10.0 Å². The number of nitrogens with zero attached hydrogens (tertiary/aromatic N) is 2. The first-order chi connectivity index (χ1) is 22.3. The van der Waals surface area contributed by atoms with Crippen molar-refractivity contribution in [3.63, 3.8) is 0 Å². The van der Waals surface area contributed by atoms with E-state index in [4.69, 9.17) is 4.74 Å². The molecule has 4 aromatic carbocycles. The van der Waals surface area contributed by atoms with E-state index in [0.717, 1.165) is 29.5 Å². The Morgan fingerprint density at radius 3 is 2.15 bits per heavy atom. The van der Waals surface area contributed by atoms with Gasteiger partial charge in [0.05, 0.1) is 17.7 Å². The molecule has 0 fully saturated rings. The second kappa shape index (κ2) is 16.6. The monoisotopic (exact) mass is 641 g/mol. The van der Waals surface area contributed by atoms with Gasteiger partial charge in [0.1, 0.15) is 18.3 Å². The summed E-state index contributed by atoms with van der Waals surface area (Å²) in [5, 5.41) is 3.02. The van der Waals surface area contributed by atoms with Gasteiger partial charge < -0.3 is 15.0 Å². The molecule has 0 saturated heterocycles. The molecule has 0 spiro atoms. The average Bonchev–Trinajstić information content (AvgIpc) is 3.09. The Kier molecular flexibility index (Phi) is 12.4. The van der Waals surface area contributed by atoms with Crippen LogP contribution in [0.5, 0.6) is 5.75 Å². The highest BCUT2D eigenvalue weighted by Gasteiger charge is 2.35. The van der Waals surface area contributed by atoms with Crippen LogP contribution in [0.4, 0.5) is 5.69 Å². The molecule has 242 valence electrons. The third-order valence-corrected chi connectivity index (χ3v) is 9.61. The normalized spacial score (nSPS) is 11.8. The smallest absolute Gasteiger partial charge is 0.264 e. The summed E-state index contributed by atoms with van der Waals surface area (Å²) in [6.45, 7) is 4.04. The number of unbranched alkanes of at least 4 members (excludes halogenated alkanes) is 1. The molecule has 9 heteroatoms. The summed E-state index contributed by atoms with van der Waals surface area (Å²) in [5.41, 5.74) is 2.84. The van der Waals surface area contributed by atoms with Gasteiger partial charge in [-0.25, -0.2) is 8.42 Å². The predicted molar refractivity (Wildman–Crippen MR) is 182 cm³/mol. The zero-order chi connectivity index (χ0) is 32.9. The van der Waals surface area contributed by atoms with Crippen molar-refractivity contribution < 1.29 is 22.7 Å². The van der Waals surface area contributed by atoms with Crippen LogP contribution in [-0.2, 0) is 39.0 Å². The van der Waals surface area contributed by atoms with Gasteiger partial charge in [-0.15, -0.1) is 0 Å². The minimum atomic E-state index is -4.16. The van der Waals surface area contributed by atoms with Crippen molar-refractivity contribution in [3.05, 3.63) is 126 Å². The number of sulfonamides is 1. The largest absolute Gasteiger partial charge is 0.497 e. The summed E-state index contributed by atoms with van der Waals surface area (Å²) >= 11 is 0. The van der Waals surface area contributed by atoms with Crippen LogP contribution in [0.1, 0.15) is 43.4 Å². The molecular formula is C37H43N3O5S. The Bertz CT molecular complexity index is 1680. The SMILES string of the molecule is CCCCNC(=O)C(Cc1ccccc1)N(Cc1cccc(OC)c1)C(=O)CN(c1ccccc1CC)S(=O)(=O)c1ccccc1. The highest BCUT2D eigenvalue weighted by molar-refractivity contribution is 7.92. The van der Waals surface area contributed by atoms with Crippen LogP contribution in [0, 0.1) is 0 Å². The van der Waals surface area contributed by atoms with Gasteiger partial charge in [-0.2, -0.15) is 0 Å². The lowest BCUT2D eigenvalue weighted by atomic mass is 10.0. The van der Waals surface area contributed by atoms with Crippen molar-refractivity contribution >= 4 is 27.5 Å². The first-order valence-corrected chi connectivity index (χ1v) is 17.1. The van der Waals surface area contributed by atoms with Crippen molar-refractivity contribution in [2.24, 2.45) is 0 Å². The lowest BCUT2D eigenvalue weighted by molar-refractivity contribution is -0.140. The number of hydrogen-bond donors (Lipinski definition) is 1. The molecule has 1 N–H and O–H groups in total. The number of benzene rings is 4. The summed E-state index contributed by atoms with van der Waals surface area (Å²) in [6.07, 6.45) is 2.52. The van der Waals surface area contributed by atoms with E-state index in [2.05, 4.69) is 5.32 Å². The van der Waals surface area contributed by atoms with E-state index in [1.54, 1.807) is 37.4 Å². The van der Waals surface area contributed by atoms with Gasteiger partial charge in [0.2, 0.25) is 11.8 Å². The fraction of sp³-hybridized carbons (Fsp3) is 0.297. The van der Waals surface area contributed by atoms with E-state index in [1.807, 2.05) is 80.6 Å². The summed E-state index contributed by atoms with van der Waals surface area (Å²) in [7, 11) is -2.59. The van der Waals surface area contributed by atoms with Gasteiger partial charge in [-0.05, 0) is 59.9 Å². The summed E-state index contributed by atoms with van der Waals surface area (Å²) in [6, 6.07) is 31.2. The third-order valence-electron chi connectivity index (χ3n) is 7.84. The van der Waals surface area contributed by atoms with E-state index in [1.165, 1.54) is 21.3 Å². The Morgan fingerprint density at radius 2 is 1.48 bits per heavy atom. The van der Waals surface area contributed by atoms with Gasteiger partial charge in [-0.3, -0.25) is 13.9 Å². The number of rotatable bonds is 16. The molecule has 2 amide bonds. The maximum absolute atomic E-state index is 14.6. The second-order valence-corrected chi connectivity index (χ2v) is 12.9. The van der Waals surface area contributed by atoms with Crippen LogP contribution >= 0.6 is 0 Å². The third kappa shape index (κ3) is 8.75. The lowest BCUT2D eigenvalue weighted by Gasteiger charge is -2.34. The van der Waals surface area contributed by atoms with Crippen LogP contribution in [0.15, 0.2) is 114 Å². The second-order valence-electron chi connectivity index (χ2n) is 11.0. The van der Waals surface area contributed by atoms with Gasteiger partial charge >= 0.3 is 0 Å². The molecule has 0 heterocycles. The molecule has 4 aromatic rings. The van der Waals surface area contributed by atoms with Crippen LogP contribution in [0.3, 0.4) is 0 Å². The number of amides is 2. The molecule has 0 aliphatic carbocycles. The van der Waals surface area contributed by atoms with Crippen molar-refractivity contribution in [3.8, 4) is 5.75 Å². The van der Waals surface area contributed by atoms with Gasteiger partial charge in [0, 0.05) is 19.5 Å². The minimum absolute atomic E-state index is 0.0728. The van der Waals surface area contributed by atoms with E-state index in [-0.39, 0.29) is 23.8 Å². The number of carbonyl (C=O) groups is 2.